The van der Waals surface area contributed by atoms with Crippen molar-refractivity contribution in [2.75, 3.05) is 0 Å². The molecule has 4 nitrogen and oxygen atoms in total. The SMILES string of the molecule is CC[C@H]1CC[C@@H](Oc2ccc3cc(CN4C5CCC4CC(C(=O)O)C5)ccc3c2Cl)CC1. The van der Waals surface area contributed by atoms with Gasteiger partial charge in [0.15, 0.2) is 0 Å². The maximum absolute atomic E-state index is 11.5. The lowest BCUT2D eigenvalue weighted by Gasteiger charge is -2.37. The first-order valence-electron chi connectivity index (χ1n) is 12.4. The molecular formula is C27H34ClNO3. The van der Waals surface area contributed by atoms with E-state index in [9.17, 15) is 9.90 Å². The Kier molecular flexibility index (Phi) is 6.35. The van der Waals surface area contributed by atoms with Crippen LogP contribution in [0.15, 0.2) is 30.3 Å². The second-order valence-corrected chi connectivity index (χ2v) is 10.5. The standard InChI is InChI=1S/C27H34ClNO3/c1-2-17-3-9-23(10-4-17)32-25-12-6-19-13-18(5-11-24(19)26(25)28)16-29-21-7-8-22(29)15-20(14-21)27(30)31/h5-6,11-13,17,20-23H,2-4,7-10,14-16H2,1H3,(H,30,31)/t17-,20?,21?,22?,23+. The van der Waals surface area contributed by atoms with Crippen molar-refractivity contribution < 1.29 is 14.6 Å². The van der Waals surface area contributed by atoms with E-state index in [1.54, 1.807) is 0 Å². The molecule has 2 aliphatic heterocycles. The average molecular weight is 456 g/mol. The number of benzene rings is 2. The molecule has 1 saturated carbocycles. The van der Waals surface area contributed by atoms with Crippen LogP contribution in [0.3, 0.4) is 0 Å². The summed E-state index contributed by atoms with van der Waals surface area (Å²) in [6.45, 7) is 3.16. The maximum atomic E-state index is 11.5. The number of halogens is 1. The Morgan fingerprint density at radius 2 is 1.78 bits per heavy atom. The first-order chi connectivity index (χ1) is 15.5. The van der Waals surface area contributed by atoms with Crippen LogP contribution >= 0.6 is 11.6 Å². The fraction of sp³-hybridized carbons (Fsp3) is 0.593. The van der Waals surface area contributed by atoms with Crippen LogP contribution in [-0.4, -0.2) is 34.2 Å². The van der Waals surface area contributed by atoms with E-state index in [2.05, 4.69) is 36.1 Å². The molecule has 1 aliphatic carbocycles. The van der Waals surface area contributed by atoms with Crippen LogP contribution in [0.5, 0.6) is 5.75 Å². The van der Waals surface area contributed by atoms with Crippen molar-refractivity contribution in [1.82, 2.24) is 4.90 Å². The molecule has 0 aromatic heterocycles. The summed E-state index contributed by atoms with van der Waals surface area (Å²) in [6, 6.07) is 11.5. The number of hydrogen-bond donors (Lipinski definition) is 1. The van der Waals surface area contributed by atoms with Crippen molar-refractivity contribution in [3.05, 3.63) is 40.9 Å². The highest BCUT2D eigenvalue weighted by Crippen LogP contribution is 2.41. The minimum Gasteiger partial charge on any atom is -0.489 e. The van der Waals surface area contributed by atoms with E-state index in [4.69, 9.17) is 16.3 Å². The predicted molar refractivity (Wildman–Crippen MR) is 128 cm³/mol. The molecule has 2 unspecified atom stereocenters. The van der Waals surface area contributed by atoms with Crippen molar-refractivity contribution in [2.24, 2.45) is 11.8 Å². The third-order valence-corrected chi connectivity index (χ3v) is 8.64. The number of carboxylic acid groups (broad SMARTS) is 1. The smallest absolute Gasteiger partial charge is 0.306 e. The summed E-state index contributed by atoms with van der Waals surface area (Å²) in [5.74, 6) is 0.860. The van der Waals surface area contributed by atoms with Gasteiger partial charge >= 0.3 is 5.97 Å². The molecule has 32 heavy (non-hydrogen) atoms. The van der Waals surface area contributed by atoms with E-state index in [1.807, 2.05) is 6.07 Å². The van der Waals surface area contributed by atoms with Gasteiger partial charge < -0.3 is 9.84 Å². The topological polar surface area (TPSA) is 49.8 Å². The quantitative estimate of drug-likeness (QED) is 0.528. The zero-order valence-electron chi connectivity index (χ0n) is 18.9. The van der Waals surface area contributed by atoms with E-state index < -0.39 is 5.97 Å². The monoisotopic (exact) mass is 455 g/mol. The Labute approximate surface area is 195 Å². The second-order valence-electron chi connectivity index (χ2n) is 10.2. The predicted octanol–water partition coefficient (Wildman–Crippen LogP) is 6.67. The number of carboxylic acids is 1. The molecule has 2 bridgehead atoms. The maximum Gasteiger partial charge on any atom is 0.306 e. The Bertz CT molecular complexity index is 970. The van der Waals surface area contributed by atoms with Crippen molar-refractivity contribution >= 4 is 28.3 Å². The van der Waals surface area contributed by atoms with Crippen molar-refractivity contribution in [2.45, 2.75) is 89.4 Å². The normalized spacial score (nSPS) is 30.5. The van der Waals surface area contributed by atoms with Crippen LogP contribution in [-0.2, 0) is 11.3 Å². The Morgan fingerprint density at radius 1 is 1.06 bits per heavy atom. The van der Waals surface area contributed by atoms with E-state index in [1.165, 1.54) is 24.8 Å². The number of rotatable bonds is 6. The highest BCUT2D eigenvalue weighted by atomic mass is 35.5. The molecule has 0 radical (unpaired) electrons. The van der Waals surface area contributed by atoms with Gasteiger partial charge in [-0.3, -0.25) is 9.69 Å². The fourth-order valence-corrected chi connectivity index (χ4v) is 6.57. The van der Waals surface area contributed by atoms with Gasteiger partial charge in [0.1, 0.15) is 5.75 Å². The summed E-state index contributed by atoms with van der Waals surface area (Å²) in [4.78, 5) is 14.0. The second kappa shape index (κ2) is 9.23. The summed E-state index contributed by atoms with van der Waals surface area (Å²) in [6.07, 6.45) is 10.1. The van der Waals surface area contributed by atoms with Gasteiger partial charge in [0, 0.05) is 24.0 Å². The highest BCUT2D eigenvalue weighted by Gasteiger charge is 2.42. The summed E-state index contributed by atoms with van der Waals surface area (Å²) in [5, 5.41) is 12.3. The van der Waals surface area contributed by atoms with Gasteiger partial charge in [0.25, 0.3) is 0 Å². The number of carbonyl (C=O) groups is 1. The fourth-order valence-electron chi connectivity index (χ4n) is 6.29. The third-order valence-electron chi connectivity index (χ3n) is 8.25. The molecule has 2 aromatic carbocycles. The Morgan fingerprint density at radius 3 is 2.44 bits per heavy atom. The van der Waals surface area contributed by atoms with Gasteiger partial charge in [0.05, 0.1) is 17.0 Å². The zero-order valence-corrected chi connectivity index (χ0v) is 19.7. The lowest BCUT2D eigenvalue weighted by molar-refractivity contribution is -0.144. The Hall–Kier alpha value is -1.78. The number of ether oxygens (including phenoxy) is 1. The lowest BCUT2D eigenvalue weighted by Crippen LogP contribution is -2.44. The van der Waals surface area contributed by atoms with Crippen molar-refractivity contribution in [1.29, 1.82) is 0 Å². The van der Waals surface area contributed by atoms with E-state index >= 15 is 0 Å². The molecule has 3 fully saturated rings. The van der Waals surface area contributed by atoms with Gasteiger partial charge in [0.2, 0.25) is 0 Å². The lowest BCUT2D eigenvalue weighted by atomic mass is 9.86. The number of fused-ring (bicyclic) bond motifs is 3. The number of piperidine rings is 1. The molecule has 2 saturated heterocycles. The van der Waals surface area contributed by atoms with Crippen LogP contribution in [0.1, 0.15) is 70.3 Å². The van der Waals surface area contributed by atoms with E-state index in [-0.39, 0.29) is 12.0 Å². The molecular weight excluding hydrogens is 422 g/mol. The largest absolute Gasteiger partial charge is 0.489 e. The first-order valence-corrected chi connectivity index (χ1v) is 12.8. The van der Waals surface area contributed by atoms with Crippen LogP contribution in [0.2, 0.25) is 5.02 Å². The minimum atomic E-state index is -0.627. The van der Waals surface area contributed by atoms with Crippen molar-refractivity contribution in [3.8, 4) is 5.75 Å². The van der Waals surface area contributed by atoms with Crippen LogP contribution in [0.4, 0.5) is 0 Å². The van der Waals surface area contributed by atoms with Crippen LogP contribution in [0.25, 0.3) is 10.8 Å². The molecule has 0 spiro atoms. The number of hydrogen-bond acceptors (Lipinski definition) is 3. The molecule has 2 atom stereocenters. The zero-order chi connectivity index (χ0) is 22.2. The summed E-state index contributed by atoms with van der Waals surface area (Å²) >= 11 is 6.77. The van der Waals surface area contributed by atoms with E-state index in [0.29, 0.717) is 17.1 Å². The molecule has 5 heteroatoms. The molecule has 2 aromatic rings. The number of aliphatic carboxylic acids is 1. The summed E-state index contributed by atoms with van der Waals surface area (Å²) in [7, 11) is 0. The molecule has 5 rings (SSSR count). The van der Waals surface area contributed by atoms with Crippen LogP contribution in [0, 0.1) is 11.8 Å². The summed E-state index contributed by atoms with van der Waals surface area (Å²) < 4.78 is 6.32. The van der Waals surface area contributed by atoms with E-state index in [0.717, 1.165) is 67.5 Å². The molecule has 172 valence electrons. The Balaban J connectivity index is 1.28. The molecule has 3 aliphatic rings. The summed E-state index contributed by atoms with van der Waals surface area (Å²) in [5.41, 5.74) is 1.27. The van der Waals surface area contributed by atoms with Crippen LogP contribution < -0.4 is 4.74 Å². The third kappa shape index (κ3) is 4.36. The number of nitrogens with zero attached hydrogens (tertiary/aromatic N) is 1. The highest BCUT2D eigenvalue weighted by molar-refractivity contribution is 6.37. The average Bonchev–Trinajstić information content (AvgIpc) is 3.02. The molecule has 1 N–H and O–H groups in total. The van der Waals surface area contributed by atoms with Crippen molar-refractivity contribution in [3.63, 3.8) is 0 Å². The van der Waals surface area contributed by atoms with Gasteiger partial charge in [-0.2, -0.15) is 0 Å². The van der Waals surface area contributed by atoms with Gasteiger partial charge in [-0.1, -0.05) is 43.1 Å². The van der Waals surface area contributed by atoms with Gasteiger partial charge in [-0.15, -0.1) is 0 Å². The minimum absolute atomic E-state index is 0.172. The van der Waals surface area contributed by atoms with Gasteiger partial charge in [-0.05, 0) is 80.4 Å². The molecule has 0 amide bonds. The first kappa shape index (κ1) is 22.0. The van der Waals surface area contributed by atoms with Gasteiger partial charge in [-0.25, -0.2) is 0 Å². The molecule has 2 heterocycles.